The summed E-state index contributed by atoms with van der Waals surface area (Å²) < 4.78 is 40.2. The van der Waals surface area contributed by atoms with Crippen molar-refractivity contribution in [1.29, 1.82) is 0 Å². The van der Waals surface area contributed by atoms with Gasteiger partial charge in [-0.15, -0.1) is 0 Å². The van der Waals surface area contributed by atoms with Crippen LogP contribution in [0, 0.1) is 11.8 Å². The number of hydrogen-bond acceptors (Lipinski definition) is 3. The van der Waals surface area contributed by atoms with E-state index in [4.69, 9.17) is 5.11 Å². The van der Waals surface area contributed by atoms with Gasteiger partial charge >= 0.3 is 12.1 Å². The Bertz CT molecular complexity index is 766. The molecule has 122 valence electrons. The van der Waals surface area contributed by atoms with Gasteiger partial charge in [0.25, 0.3) is 0 Å². The normalized spacial score (nSPS) is 21.8. The lowest BCUT2D eigenvalue weighted by atomic mass is 9.96. The fourth-order valence-corrected chi connectivity index (χ4v) is 3.31. The number of nitrogens with zero attached hydrogens (tertiary/aromatic N) is 2. The summed E-state index contributed by atoms with van der Waals surface area (Å²) in [5.74, 6) is -4.76. The molecule has 1 aliphatic heterocycles. The maximum Gasteiger partial charge on any atom is 0.394 e. The fraction of sp³-hybridized carbons (Fsp3) is 0.333. The van der Waals surface area contributed by atoms with Gasteiger partial charge in [-0.25, -0.2) is 0 Å². The molecule has 0 unspecified atom stereocenters. The Hall–Kier alpha value is -1.83. The summed E-state index contributed by atoms with van der Waals surface area (Å²) in [4.78, 5) is 16.9. The first-order valence-electron chi connectivity index (χ1n) is 6.86. The minimum atomic E-state index is -4.54. The van der Waals surface area contributed by atoms with E-state index in [2.05, 4.69) is 20.9 Å². The summed E-state index contributed by atoms with van der Waals surface area (Å²) in [6, 6.07) is 6.93. The van der Waals surface area contributed by atoms with Crippen LogP contribution in [-0.4, -0.2) is 35.3 Å². The molecule has 2 aromatic rings. The maximum absolute atomic E-state index is 13.1. The van der Waals surface area contributed by atoms with E-state index in [0.717, 1.165) is 4.47 Å². The first-order chi connectivity index (χ1) is 10.8. The Morgan fingerprint density at radius 3 is 2.65 bits per heavy atom. The van der Waals surface area contributed by atoms with E-state index in [0.29, 0.717) is 16.6 Å². The second-order valence-electron chi connectivity index (χ2n) is 5.49. The predicted molar refractivity (Wildman–Crippen MR) is 82.3 cm³/mol. The Kier molecular flexibility index (Phi) is 3.95. The molecule has 0 aliphatic carbocycles. The van der Waals surface area contributed by atoms with Crippen LogP contribution in [0.5, 0.6) is 0 Å². The number of carbonyl (C=O) groups is 1. The number of hydrogen-bond donors (Lipinski definition) is 1. The van der Waals surface area contributed by atoms with Crippen LogP contribution in [-0.2, 0) is 4.79 Å². The highest BCUT2D eigenvalue weighted by Gasteiger charge is 2.52. The van der Waals surface area contributed by atoms with Crippen LogP contribution in [0.2, 0.25) is 0 Å². The van der Waals surface area contributed by atoms with Gasteiger partial charge in [0, 0.05) is 34.8 Å². The number of aliphatic carboxylic acids is 1. The smallest absolute Gasteiger partial charge is 0.394 e. The van der Waals surface area contributed by atoms with E-state index < -0.39 is 24.0 Å². The molecule has 0 bridgehead atoms. The number of halogens is 4. The Morgan fingerprint density at radius 1 is 1.30 bits per heavy atom. The summed E-state index contributed by atoms with van der Waals surface area (Å²) in [6.45, 7) is -0.537. The summed E-state index contributed by atoms with van der Waals surface area (Å²) in [7, 11) is 0. The van der Waals surface area contributed by atoms with Crippen LogP contribution in [0.1, 0.15) is 0 Å². The molecule has 0 radical (unpaired) electrons. The van der Waals surface area contributed by atoms with Crippen LogP contribution in [0.4, 0.5) is 18.9 Å². The number of anilines is 1. The molecule has 23 heavy (non-hydrogen) atoms. The molecule has 2 heterocycles. The number of rotatable bonds is 2. The lowest BCUT2D eigenvalue weighted by Gasteiger charge is -2.21. The monoisotopic (exact) mass is 388 g/mol. The lowest BCUT2D eigenvalue weighted by molar-refractivity contribution is -0.187. The quantitative estimate of drug-likeness (QED) is 0.851. The molecule has 1 fully saturated rings. The average molecular weight is 389 g/mol. The number of fused-ring (bicyclic) bond motifs is 1. The number of carboxylic acids is 1. The number of benzene rings is 1. The van der Waals surface area contributed by atoms with Gasteiger partial charge in [-0.05, 0) is 24.3 Å². The zero-order valence-corrected chi connectivity index (χ0v) is 13.3. The summed E-state index contributed by atoms with van der Waals surface area (Å²) in [6.07, 6.45) is -3.02. The van der Waals surface area contributed by atoms with E-state index in [9.17, 15) is 18.0 Å². The van der Waals surface area contributed by atoms with Gasteiger partial charge in [-0.3, -0.25) is 9.78 Å². The van der Waals surface area contributed by atoms with Crippen LogP contribution < -0.4 is 4.90 Å². The highest BCUT2D eigenvalue weighted by molar-refractivity contribution is 9.10. The third-order valence-corrected chi connectivity index (χ3v) is 4.57. The molecule has 8 heteroatoms. The van der Waals surface area contributed by atoms with Gasteiger partial charge in [0.2, 0.25) is 0 Å². The van der Waals surface area contributed by atoms with Gasteiger partial charge in [-0.1, -0.05) is 15.9 Å². The molecule has 4 nitrogen and oxygen atoms in total. The second-order valence-corrected chi connectivity index (χ2v) is 6.41. The zero-order chi connectivity index (χ0) is 16.8. The van der Waals surface area contributed by atoms with Crippen LogP contribution in [0.15, 0.2) is 34.9 Å². The topological polar surface area (TPSA) is 53.4 Å². The summed E-state index contributed by atoms with van der Waals surface area (Å²) in [5, 5.41) is 9.81. The molecule has 0 saturated carbocycles. The Labute approximate surface area is 138 Å². The van der Waals surface area contributed by atoms with Gasteiger partial charge in [-0.2, -0.15) is 13.2 Å². The van der Waals surface area contributed by atoms with E-state index in [1.54, 1.807) is 24.3 Å². The third-order valence-electron chi connectivity index (χ3n) is 4.08. The highest BCUT2D eigenvalue weighted by Crippen LogP contribution is 2.40. The van der Waals surface area contributed by atoms with Crippen molar-refractivity contribution in [2.24, 2.45) is 11.8 Å². The number of pyridine rings is 1. The van der Waals surface area contributed by atoms with Crippen LogP contribution in [0.3, 0.4) is 0 Å². The van der Waals surface area contributed by atoms with E-state index in [1.165, 1.54) is 11.1 Å². The van der Waals surface area contributed by atoms with Crippen molar-refractivity contribution in [2.45, 2.75) is 6.18 Å². The standard InChI is InChI=1S/C15H12BrF3N2O2/c16-8-1-2-9-12(5-8)20-4-3-13(9)21-6-10(14(22)23)11(7-21)15(17,18)19/h1-5,10-11H,6-7H2,(H,22,23)/t10-,11-/m1/s1. The molecular weight excluding hydrogens is 377 g/mol. The summed E-state index contributed by atoms with van der Waals surface area (Å²) in [5.41, 5.74) is 1.21. The third kappa shape index (κ3) is 2.99. The first-order valence-corrected chi connectivity index (χ1v) is 7.65. The van der Waals surface area contributed by atoms with Gasteiger partial charge in [0.15, 0.2) is 0 Å². The minimum absolute atomic E-state index is 0.172. The average Bonchev–Trinajstić information content (AvgIpc) is 2.91. The SMILES string of the molecule is O=C(O)[C@@H]1CN(c2ccnc3cc(Br)ccc23)C[C@H]1C(F)(F)F. The molecule has 1 N–H and O–H groups in total. The van der Waals surface area contributed by atoms with E-state index in [-0.39, 0.29) is 13.1 Å². The molecule has 1 saturated heterocycles. The van der Waals surface area contributed by atoms with Crippen molar-refractivity contribution >= 4 is 38.5 Å². The molecule has 3 rings (SSSR count). The Balaban J connectivity index is 2.02. The van der Waals surface area contributed by atoms with Crippen LogP contribution >= 0.6 is 15.9 Å². The molecule has 1 aromatic heterocycles. The van der Waals surface area contributed by atoms with Gasteiger partial charge in [0.1, 0.15) is 0 Å². The second kappa shape index (κ2) is 5.67. The van der Waals surface area contributed by atoms with Crippen molar-refractivity contribution < 1.29 is 23.1 Å². The van der Waals surface area contributed by atoms with Crippen molar-refractivity contribution in [3.8, 4) is 0 Å². The first kappa shape index (κ1) is 16.0. The summed E-state index contributed by atoms with van der Waals surface area (Å²) >= 11 is 3.32. The molecule has 0 amide bonds. The fourth-order valence-electron chi connectivity index (χ4n) is 2.96. The maximum atomic E-state index is 13.1. The molecule has 1 aromatic carbocycles. The van der Waals surface area contributed by atoms with Crippen molar-refractivity contribution in [1.82, 2.24) is 4.98 Å². The lowest BCUT2D eigenvalue weighted by Crippen LogP contribution is -2.33. The number of aromatic nitrogens is 1. The van der Waals surface area contributed by atoms with Gasteiger partial charge in [0.05, 0.1) is 17.4 Å². The molecule has 0 spiro atoms. The molecule has 1 aliphatic rings. The zero-order valence-electron chi connectivity index (χ0n) is 11.7. The number of alkyl halides is 3. The highest BCUT2D eigenvalue weighted by atomic mass is 79.9. The minimum Gasteiger partial charge on any atom is -0.481 e. The van der Waals surface area contributed by atoms with Crippen LogP contribution in [0.25, 0.3) is 10.9 Å². The van der Waals surface area contributed by atoms with Crippen molar-refractivity contribution in [3.63, 3.8) is 0 Å². The van der Waals surface area contributed by atoms with E-state index in [1.807, 2.05) is 0 Å². The van der Waals surface area contributed by atoms with Crippen molar-refractivity contribution in [2.75, 3.05) is 18.0 Å². The predicted octanol–water partition coefficient (Wildman–Crippen LogP) is 3.70. The van der Waals surface area contributed by atoms with Crippen molar-refractivity contribution in [3.05, 3.63) is 34.9 Å². The van der Waals surface area contributed by atoms with Gasteiger partial charge < -0.3 is 10.0 Å². The molecule has 2 atom stereocenters. The molecular formula is C15H12BrF3N2O2. The Morgan fingerprint density at radius 2 is 2.04 bits per heavy atom. The number of carboxylic acid groups (broad SMARTS) is 1. The van der Waals surface area contributed by atoms with E-state index >= 15 is 0 Å². The largest absolute Gasteiger partial charge is 0.481 e.